The average molecular weight is 536 g/mol. The molecule has 0 aliphatic rings. The Bertz CT molecular complexity index is 1310. The summed E-state index contributed by atoms with van der Waals surface area (Å²) >= 11 is 0. The SMILES string of the molecule is CC[C@H](C)NC(=O)[C@H](Cc1ccccc1)N(Cc1cccc(C)c1)C(=O)CN(c1ccccc1)S(C)(=O)=O. The normalized spacial score (nSPS) is 12.8. The number of hydrogen-bond acceptors (Lipinski definition) is 4. The molecule has 1 N–H and O–H groups in total. The van der Waals surface area contributed by atoms with Gasteiger partial charge in [0.15, 0.2) is 0 Å². The van der Waals surface area contributed by atoms with Crippen molar-refractivity contribution in [2.45, 2.75) is 52.2 Å². The molecule has 3 aromatic carbocycles. The number of aryl methyl sites for hydroxylation is 1. The molecular formula is C30H37N3O4S. The van der Waals surface area contributed by atoms with Gasteiger partial charge in [0, 0.05) is 19.0 Å². The molecule has 38 heavy (non-hydrogen) atoms. The quantitative estimate of drug-likeness (QED) is 0.374. The summed E-state index contributed by atoms with van der Waals surface area (Å²) in [6, 6.07) is 24.9. The zero-order valence-electron chi connectivity index (χ0n) is 22.5. The lowest BCUT2D eigenvalue weighted by Gasteiger charge is -2.34. The molecule has 0 spiro atoms. The minimum Gasteiger partial charge on any atom is -0.352 e. The molecule has 0 fully saturated rings. The van der Waals surface area contributed by atoms with Crippen LogP contribution in [0.3, 0.4) is 0 Å². The van der Waals surface area contributed by atoms with Crippen molar-refractivity contribution in [2.75, 3.05) is 17.1 Å². The number of benzene rings is 3. The Labute approximate surface area is 226 Å². The van der Waals surface area contributed by atoms with Gasteiger partial charge in [-0.25, -0.2) is 8.42 Å². The van der Waals surface area contributed by atoms with E-state index in [4.69, 9.17) is 0 Å². The number of nitrogens with one attached hydrogen (secondary N) is 1. The first-order chi connectivity index (χ1) is 18.1. The third kappa shape index (κ3) is 8.18. The first-order valence-electron chi connectivity index (χ1n) is 12.8. The second-order valence-corrected chi connectivity index (χ2v) is 11.5. The van der Waals surface area contributed by atoms with Crippen LogP contribution in [0.25, 0.3) is 0 Å². The molecule has 3 rings (SSSR count). The Morgan fingerprint density at radius 3 is 2.08 bits per heavy atom. The number of hydrogen-bond donors (Lipinski definition) is 1. The predicted octanol–water partition coefficient (Wildman–Crippen LogP) is 4.32. The van der Waals surface area contributed by atoms with Crippen LogP contribution in [-0.4, -0.2) is 50.0 Å². The molecule has 0 bridgehead atoms. The summed E-state index contributed by atoms with van der Waals surface area (Å²) in [7, 11) is -3.77. The topological polar surface area (TPSA) is 86.8 Å². The third-order valence-electron chi connectivity index (χ3n) is 6.43. The van der Waals surface area contributed by atoms with Gasteiger partial charge in [-0.15, -0.1) is 0 Å². The summed E-state index contributed by atoms with van der Waals surface area (Å²) < 4.78 is 26.6. The third-order valence-corrected chi connectivity index (χ3v) is 7.57. The second-order valence-electron chi connectivity index (χ2n) is 9.64. The molecule has 0 aliphatic carbocycles. The van der Waals surface area contributed by atoms with Crippen LogP contribution in [0.2, 0.25) is 0 Å². The van der Waals surface area contributed by atoms with Crippen LogP contribution in [-0.2, 0) is 32.6 Å². The van der Waals surface area contributed by atoms with Crippen LogP contribution in [0.5, 0.6) is 0 Å². The fourth-order valence-electron chi connectivity index (χ4n) is 4.21. The van der Waals surface area contributed by atoms with E-state index in [9.17, 15) is 18.0 Å². The zero-order valence-corrected chi connectivity index (χ0v) is 23.3. The van der Waals surface area contributed by atoms with E-state index in [1.165, 1.54) is 4.90 Å². The maximum atomic E-state index is 14.0. The Kier molecular flexibility index (Phi) is 10.1. The van der Waals surface area contributed by atoms with E-state index in [0.29, 0.717) is 12.1 Å². The van der Waals surface area contributed by atoms with Crippen LogP contribution in [0.4, 0.5) is 5.69 Å². The van der Waals surface area contributed by atoms with Crippen molar-refractivity contribution in [2.24, 2.45) is 0 Å². The first kappa shape index (κ1) is 28.9. The highest BCUT2D eigenvalue weighted by atomic mass is 32.2. The van der Waals surface area contributed by atoms with Gasteiger partial charge in [-0.1, -0.05) is 85.3 Å². The van der Waals surface area contributed by atoms with Crippen LogP contribution in [0, 0.1) is 6.92 Å². The number of sulfonamides is 1. The van der Waals surface area contributed by atoms with Crippen LogP contribution < -0.4 is 9.62 Å². The molecule has 0 aromatic heterocycles. The van der Waals surface area contributed by atoms with E-state index in [-0.39, 0.29) is 18.5 Å². The second kappa shape index (κ2) is 13.2. The van der Waals surface area contributed by atoms with Crippen molar-refractivity contribution in [1.29, 1.82) is 0 Å². The minimum atomic E-state index is -3.77. The molecule has 2 amide bonds. The summed E-state index contributed by atoms with van der Waals surface area (Å²) in [6.07, 6.45) is 2.12. The summed E-state index contributed by atoms with van der Waals surface area (Å²) in [6.45, 7) is 5.62. The van der Waals surface area contributed by atoms with Crippen molar-refractivity contribution in [1.82, 2.24) is 10.2 Å². The Morgan fingerprint density at radius 1 is 0.895 bits per heavy atom. The molecule has 0 radical (unpaired) electrons. The van der Waals surface area contributed by atoms with E-state index in [1.54, 1.807) is 30.3 Å². The van der Waals surface area contributed by atoms with Gasteiger partial charge in [0.2, 0.25) is 21.8 Å². The number of amides is 2. The number of carbonyl (C=O) groups is 2. The van der Waals surface area contributed by atoms with Crippen molar-refractivity contribution in [3.8, 4) is 0 Å². The lowest BCUT2D eigenvalue weighted by atomic mass is 10.0. The Balaban J connectivity index is 2.04. The van der Waals surface area contributed by atoms with E-state index < -0.39 is 28.5 Å². The maximum absolute atomic E-state index is 14.0. The van der Waals surface area contributed by atoms with Gasteiger partial charge >= 0.3 is 0 Å². The molecule has 0 saturated heterocycles. The van der Waals surface area contributed by atoms with E-state index in [0.717, 1.165) is 33.7 Å². The summed E-state index contributed by atoms with van der Waals surface area (Å²) in [5.74, 6) is -0.726. The van der Waals surface area contributed by atoms with E-state index in [1.807, 2.05) is 75.4 Å². The highest BCUT2D eigenvalue weighted by Crippen LogP contribution is 2.20. The number of rotatable bonds is 12. The van der Waals surface area contributed by atoms with Crippen LogP contribution in [0.1, 0.15) is 37.0 Å². The zero-order chi connectivity index (χ0) is 27.7. The largest absolute Gasteiger partial charge is 0.352 e. The van der Waals surface area contributed by atoms with Gasteiger partial charge in [-0.2, -0.15) is 0 Å². The number of nitrogens with zero attached hydrogens (tertiary/aromatic N) is 2. The van der Waals surface area contributed by atoms with Gasteiger partial charge in [0.25, 0.3) is 0 Å². The lowest BCUT2D eigenvalue weighted by molar-refractivity contribution is -0.140. The van der Waals surface area contributed by atoms with Crippen LogP contribution >= 0.6 is 0 Å². The molecular weight excluding hydrogens is 498 g/mol. The number of carbonyl (C=O) groups excluding carboxylic acids is 2. The highest BCUT2D eigenvalue weighted by molar-refractivity contribution is 7.92. The van der Waals surface area contributed by atoms with E-state index >= 15 is 0 Å². The molecule has 0 unspecified atom stereocenters. The average Bonchev–Trinajstić information content (AvgIpc) is 2.89. The lowest BCUT2D eigenvalue weighted by Crippen LogP contribution is -2.54. The van der Waals surface area contributed by atoms with Crippen molar-refractivity contribution >= 4 is 27.5 Å². The summed E-state index contributed by atoms with van der Waals surface area (Å²) in [5.41, 5.74) is 3.18. The van der Waals surface area contributed by atoms with Crippen LogP contribution in [0.15, 0.2) is 84.9 Å². The molecule has 202 valence electrons. The summed E-state index contributed by atoms with van der Waals surface area (Å²) in [5, 5.41) is 3.03. The minimum absolute atomic E-state index is 0.0754. The number of para-hydroxylation sites is 1. The fraction of sp³-hybridized carbons (Fsp3) is 0.333. The van der Waals surface area contributed by atoms with Gasteiger partial charge in [-0.05, 0) is 43.5 Å². The fourth-order valence-corrected chi connectivity index (χ4v) is 5.06. The van der Waals surface area contributed by atoms with Crippen molar-refractivity contribution in [3.05, 3.63) is 102 Å². The monoisotopic (exact) mass is 535 g/mol. The molecule has 0 saturated carbocycles. The molecule has 7 nitrogen and oxygen atoms in total. The maximum Gasteiger partial charge on any atom is 0.244 e. The Hall–Kier alpha value is -3.65. The van der Waals surface area contributed by atoms with Gasteiger partial charge in [0.05, 0.1) is 11.9 Å². The highest BCUT2D eigenvalue weighted by Gasteiger charge is 2.33. The molecule has 3 aromatic rings. The molecule has 0 aliphatic heterocycles. The van der Waals surface area contributed by atoms with Gasteiger partial charge < -0.3 is 10.2 Å². The standard InChI is InChI=1S/C30H37N3O4S/c1-5-24(3)31-30(35)28(20-25-14-8-6-9-15-25)32(21-26-16-12-13-23(2)19-26)29(34)22-33(38(4,36)37)27-17-10-7-11-18-27/h6-19,24,28H,5,20-22H2,1-4H3,(H,31,35)/t24-,28-/m0/s1. The summed E-state index contributed by atoms with van der Waals surface area (Å²) in [4.78, 5) is 29.1. The van der Waals surface area contributed by atoms with E-state index in [2.05, 4.69) is 5.32 Å². The predicted molar refractivity (Wildman–Crippen MR) is 152 cm³/mol. The van der Waals surface area contributed by atoms with Crippen molar-refractivity contribution < 1.29 is 18.0 Å². The smallest absolute Gasteiger partial charge is 0.244 e. The van der Waals surface area contributed by atoms with Gasteiger partial charge in [-0.3, -0.25) is 13.9 Å². The number of anilines is 1. The Morgan fingerprint density at radius 2 is 1.50 bits per heavy atom. The molecule has 2 atom stereocenters. The van der Waals surface area contributed by atoms with Gasteiger partial charge in [0.1, 0.15) is 12.6 Å². The van der Waals surface area contributed by atoms with Crippen molar-refractivity contribution in [3.63, 3.8) is 0 Å². The molecule has 8 heteroatoms. The molecule has 0 heterocycles. The first-order valence-corrected chi connectivity index (χ1v) is 14.7.